The van der Waals surface area contributed by atoms with Crippen LogP contribution in [0.2, 0.25) is 10.0 Å². The summed E-state index contributed by atoms with van der Waals surface area (Å²) < 4.78 is 1.85. The van der Waals surface area contributed by atoms with E-state index < -0.39 is 0 Å². The Hall–Kier alpha value is -2.80. The second kappa shape index (κ2) is 8.75. The van der Waals surface area contributed by atoms with Crippen LogP contribution in [-0.2, 0) is 7.05 Å². The molecule has 0 aliphatic carbocycles. The maximum Gasteiger partial charge on any atom is 0.258 e. The summed E-state index contributed by atoms with van der Waals surface area (Å²) in [5.41, 5.74) is 3.69. The van der Waals surface area contributed by atoms with E-state index in [9.17, 15) is 4.79 Å². The molecule has 0 amide bonds. The number of hydrogen-bond acceptors (Lipinski definition) is 4. The summed E-state index contributed by atoms with van der Waals surface area (Å²) in [7, 11) is 1.86. The van der Waals surface area contributed by atoms with Crippen molar-refractivity contribution in [1.29, 1.82) is 0 Å². The van der Waals surface area contributed by atoms with Gasteiger partial charge in [-0.25, -0.2) is 4.98 Å². The Labute approximate surface area is 189 Å². The first-order chi connectivity index (χ1) is 14.9. The number of hydrogen-bond donors (Lipinski definition) is 3. The quantitative estimate of drug-likeness (QED) is 0.340. The van der Waals surface area contributed by atoms with Gasteiger partial charge in [-0.2, -0.15) is 0 Å². The van der Waals surface area contributed by atoms with E-state index in [1.54, 1.807) is 18.2 Å². The van der Waals surface area contributed by atoms with Crippen LogP contribution in [0.4, 0.5) is 11.6 Å². The third-order valence-corrected chi connectivity index (χ3v) is 5.95. The number of benzene rings is 2. The second-order valence-corrected chi connectivity index (χ2v) is 8.09. The van der Waals surface area contributed by atoms with E-state index in [4.69, 9.17) is 23.2 Å². The predicted octanol–water partition coefficient (Wildman–Crippen LogP) is 5.40. The molecule has 160 valence electrons. The third kappa shape index (κ3) is 3.94. The molecule has 2 aromatic carbocycles. The summed E-state index contributed by atoms with van der Waals surface area (Å²) in [6.07, 6.45) is 3.95. The lowest BCUT2D eigenvalue weighted by Crippen LogP contribution is -2.13. The van der Waals surface area contributed by atoms with Crippen molar-refractivity contribution in [2.45, 2.75) is 13.8 Å². The zero-order valence-corrected chi connectivity index (χ0v) is 19.0. The van der Waals surface area contributed by atoms with Crippen molar-refractivity contribution in [2.24, 2.45) is 7.05 Å². The number of nitrogens with one attached hydrogen (secondary N) is 3. The third-order valence-electron chi connectivity index (χ3n) is 5.32. The molecule has 0 atom stereocenters. The van der Waals surface area contributed by atoms with E-state index in [1.807, 2.05) is 42.8 Å². The number of aromatic amines is 1. The molecule has 0 aliphatic heterocycles. The van der Waals surface area contributed by atoms with Gasteiger partial charge in [-0.3, -0.25) is 4.79 Å². The number of nitrogens with zero attached hydrogens (tertiary/aromatic N) is 2. The summed E-state index contributed by atoms with van der Waals surface area (Å²) >= 11 is 12.6. The molecule has 2 heterocycles. The van der Waals surface area contributed by atoms with Gasteiger partial charge < -0.3 is 20.2 Å². The normalized spacial score (nSPS) is 11.8. The highest BCUT2D eigenvalue weighted by Crippen LogP contribution is 2.34. The van der Waals surface area contributed by atoms with Crippen molar-refractivity contribution in [3.63, 3.8) is 0 Å². The van der Waals surface area contributed by atoms with Crippen LogP contribution in [0.5, 0.6) is 0 Å². The maximum absolute atomic E-state index is 13.1. The van der Waals surface area contributed by atoms with Gasteiger partial charge in [0.15, 0.2) is 0 Å². The maximum atomic E-state index is 13.1. The van der Waals surface area contributed by atoms with Gasteiger partial charge in [0.1, 0.15) is 0 Å². The zero-order chi connectivity index (χ0) is 22.1. The van der Waals surface area contributed by atoms with E-state index in [0.717, 1.165) is 35.2 Å². The summed E-state index contributed by atoms with van der Waals surface area (Å²) in [6.45, 7) is 5.71. The number of imidazole rings is 1. The van der Waals surface area contributed by atoms with Crippen molar-refractivity contribution in [1.82, 2.24) is 19.9 Å². The van der Waals surface area contributed by atoms with Crippen molar-refractivity contribution in [2.75, 3.05) is 18.4 Å². The largest absolute Gasteiger partial charge is 0.323 e. The Morgan fingerprint density at radius 3 is 2.65 bits per heavy atom. The van der Waals surface area contributed by atoms with E-state index >= 15 is 0 Å². The van der Waals surface area contributed by atoms with Crippen LogP contribution in [0.3, 0.4) is 0 Å². The average molecular weight is 456 g/mol. The lowest BCUT2D eigenvalue weighted by molar-refractivity contribution is 0.801. The molecular formula is C23H23Cl2N5O. The first-order valence-corrected chi connectivity index (χ1v) is 10.8. The number of rotatable bonds is 6. The van der Waals surface area contributed by atoms with Crippen LogP contribution in [0.15, 0.2) is 41.2 Å². The predicted molar refractivity (Wildman–Crippen MR) is 131 cm³/mol. The Morgan fingerprint density at radius 1 is 1.19 bits per heavy atom. The summed E-state index contributed by atoms with van der Waals surface area (Å²) in [4.78, 5) is 20.8. The molecule has 0 saturated heterocycles. The molecule has 0 radical (unpaired) electrons. The SMILES string of the molecule is CCNC/C=C/c1[nH]c(=O)c2c(ccc3nc(Nc4c(Cl)cccc4Cl)n(C)c32)c1C. The van der Waals surface area contributed by atoms with Crippen molar-refractivity contribution >= 4 is 62.7 Å². The molecule has 0 spiro atoms. The number of aromatic nitrogens is 3. The van der Waals surface area contributed by atoms with E-state index in [0.29, 0.717) is 32.6 Å². The van der Waals surface area contributed by atoms with Crippen LogP contribution in [0.25, 0.3) is 27.9 Å². The number of anilines is 2. The minimum atomic E-state index is -0.153. The van der Waals surface area contributed by atoms with E-state index in [2.05, 4.69) is 27.5 Å². The van der Waals surface area contributed by atoms with E-state index in [-0.39, 0.29) is 5.56 Å². The first-order valence-electron chi connectivity index (χ1n) is 10.0. The van der Waals surface area contributed by atoms with Crippen LogP contribution >= 0.6 is 23.2 Å². The van der Waals surface area contributed by atoms with Gasteiger partial charge in [0, 0.05) is 19.3 Å². The molecule has 3 N–H and O–H groups in total. The molecule has 0 unspecified atom stereocenters. The molecule has 0 aliphatic rings. The van der Waals surface area contributed by atoms with Gasteiger partial charge in [-0.05, 0) is 48.7 Å². The fourth-order valence-electron chi connectivity index (χ4n) is 3.68. The van der Waals surface area contributed by atoms with Gasteiger partial charge in [-0.1, -0.05) is 48.3 Å². The number of para-hydroxylation sites is 1. The monoisotopic (exact) mass is 455 g/mol. The molecule has 0 saturated carbocycles. The van der Waals surface area contributed by atoms with Gasteiger partial charge in [0.2, 0.25) is 5.95 Å². The van der Waals surface area contributed by atoms with Crippen molar-refractivity contribution < 1.29 is 0 Å². The average Bonchev–Trinajstić information content (AvgIpc) is 3.06. The smallest absolute Gasteiger partial charge is 0.258 e. The number of halogens is 2. The topological polar surface area (TPSA) is 74.7 Å². The fourth-order valence-corrected chi connectivity index (χ4v) is 4.17. The molecular weight excluding hydrogens is 433 g/mol. The number of pyridine rings is 1. The minimum absolute atomic E-state index is 0.153. The Bertz CT molecular complexity index is 1350. The van der Waals surface area contributed by atoms with E-state index in [1.165, 1.54) is 0 Å². The number of fused-ring (bicyclic) bond motifs is 3. The lowest BCUT2D eigenvalue weighted by Gasteiger charge is -2.11. The fraction of sp³-hybridized carbons (Fsp3) is 0.217. The standard InChI is InChI=1S/C23H23Cl2N5O/c1-4-26-12-6-9-17-13(2)14-10-11-18-21(19(14)22(31)27-17)30(3)23(28-18)29-20-15(24)7-5-8-16(20)25/h5-11,26H,4,12H2,1-3H3,(H,27,31)(H,28,29)/b9-6+. The molecule has 8 heteroatoms. The highest BCUT2D eigenvalue weighted by Gasteiger charge is 2.17. The van der Waals surface area contributed by atoms with Gasteiger partial charge >= 0.3 is 0 Å². The Morgan fingerprint density at radius 2 is 1.94 bits per heavy atom. The Kier molecular flexibility index (Phi) is 6.05. The molecule has 2 aromatic heterocycles. The summed E-state index contributed by atoms with van der Waals surface area (Å²) in [5, 5.41) is 8.92. The lowest BCUT2D eigenvalue weighted by atomic mass is 10.0. The molecule has 31 heavy (non-hydrogen) atoms. The van der Waals surface area contributed by atoms with Crippen LogP contribution < -0.4 is 16.2 Å². The van der Waals surface area contributed by atoms with Crippen molar-refractivity contribution in [3.05, 3.63) is 68.1 Å². The van der Waals surface area contributed by atoms with Crippen molar-refractivity contribution in [3.8, 4) is 0 Å². The highest BCUT2D eigenvalue weighted by atomic mass is 35.5. The molecule has 0 fully saturated rings. The van der Waals surface area contributed by atoms with Crippen LogP contribution in [0.1, 0.15) is 18.2 Å². The number of likely N-dealkylation sites (N-methyl/N-ethyl adjacent to an activating group) is 1. The first kappa shape index (κ1) is 21.4. The molecule has 0 bridgehead atoms. The number of H-pyrrole nitrogens is 1. The van der Waals surface area contributed by atoms with Crippen LogP contribution in [0, 0.1) is 6.92 Å². The zero-order valence-electron chi connectivity index (χ0n) is 17.5. The number of aryl methyl sites for hydroxylation is 2. The van der Waals surface area contributed by atoms with Gasteiger partial charge in [0.05, 0.1) is 32.2 Å². The summed E-state index contributed by atoms with van der Waals surface area (Å²) in [5.74, 6) is 0.546. The molecule has 4 rings (SSSR count). The molecule has 4 aromatic rings. The molecule has 6 nitrogen and oxygen atoms in total. The minimum Gasteiger partial charge on any atom is -0.323 e. The Balaban J connectivity index is 1.85. The van der Waals surface area contributed by atoms with Crippen LogP contribution in [-0.4, -0.2) is 27.6 Å². The summed E-state index contributed by atoms with van der Waals surface area (Å²) in [6, 6.07) is 9.17. The van der Waals surface area contributed by atoms with Gasteiger partial charge in [0.25, 0.3) is 5.56 Å². The second-order valence-electron chi connectivity index (χ2n) is 7.27. The highest BCUT2D eigenvalue weighted by molar-refractivity contribution is 6.39. The van der Waals surface area contributed by atoms with Gasteiger partial charge in [-0.15, -0.1) is 0 Å².